The number of rotatable bonds is 1. The van der Waals surface area contributed by atoms with Gasteiger partial charge in [-0.05, 0) is 0 Å². The van der Waals surface area contributed by atoms with E-state index < -0.39 is 10.2 Å². The van der Waals surface area contributed by atoms with Crippen LogP contribution in [0.1, 0.15) is 6.42 Å². The van der Waals surface area contributed by atoms with Crippen molar-refractivity contribution < 1.29 is 13.2 Å². The molecule has 1 rings (SSSR count). The fraction of sp³-hybridized carbons (Fsp3) is 0.800. The normalized spacial score (nSPS) is 21.6. The molecule has 7 heteroatoms. The number of hydrogen-bond donors (Lipinski definition) is 2. The average molecular weight is 193 g/mol. The molecule has 1 saturated heterocycles. The maximum absolute atomic E-state index is 10.8. The van der Waals surface area contributed by atoms with Gasteiger partial charge in [-0.3, -0.25) is 4.79 Å². The Kier molecular flexibility index (Phi) is 2.65. The van der Waals surface area contributed by atoms with Crippen LogP contribution < -0.4 is 10.5 Å². The summed E-state index contributed by atoms with van der Waals surface area (Å²) in [4.78, 5) is 10.8. The van der Waals surface area contributed by atoms with E-state index in [1.54, 1.807) is 0 Å². The lowest BCUT2D eigenvalue weighted by atomic mass is 10.4. The first-order valence-electron chi connectivity index (χ1n) is 3.55. The van der Waals surface area contributed by atoms with Gasteiger partial charge in [-0.25, -0.2) is 5.14 Å². The average Bonchev–Trinajstić information content (AvgIpc) is 2.11. The van der Waals surface area contributed by atoms with E-state index in [1.165, 1.54) is 0 Å². The monoisotopic (exact) mass is 193 g/mol. The molecule has 0 spiro atoms. The molecule has 0 radical (unpaired) electrons. The van der Waals surface area contributed by atoms with Crippen molar-refractivity contribution in [2.75, 3.05) is 19.6 Å². The molecule has 12 heavy (non-hydrogen) atoms. The van der Waals surface area contributed by atoms with Gasteiger partial charge in [-0.15, -0.1) is 0 Å². The third-order valence-electron chi connectivity index (χ3n) is 1.63. The lowest BCUT2D eigenvalue weighted by Gasteiger charge is -2.14. The second-order valence-electron chi connectivity index (χ2n) is 2.54. The highest BCUT2D eigenvalue weighted by Crippen LogP contribution is 1.99. The zero-order valence-electron chi connectivity index (χ0n) is 6.49. The quantitative estimate of drug-likeness (QED) is 0.505. The topological polar surface area (TPSA) is 92.5 Å². The van der Waals surface area contributed by atoms with Crippen molar-refractivity contribution in [2.24, 2.45) is 5.14 Å². The van der Waals surface area contributed by atoms with Crippen LogP contribution in [0.3, 0.4) is 0 Å². The molecule has 1 fully saturated rings. The smallest absolute Gasteiger partial charge is 0.276 e. The van der Waals surface area contributed by atoms with E-state index in [4.69, 9.17) is 5.14 Å². The van der Waals surface area contributed by atoms with Gasteiger partial charge in [0.05, 0.1) is 0 Å². The fourth-order valence-corrected chi connectivity index (χ4v) is 1.69. The lowest BCUT2D eigenvalue weighted by molar-refractivity contribution is -0.120. The van der Waals surface area contributed by atoms with E-state index >= 15 is 0 Å². The first kappa shape index (κ1) is 9.43. The van der Waals surface area contributed by atoms with E-state index in [0.717, 1.165) is 4.31 Å². The first-order chi connectivity index (χ1) is 5.50. The SMILES string of the molecule is NS(=O)(=O)N1CCNC(=O)CC1. The summed E-state index contributed by atoms with van der Waals surface area (Å²) >= 11 is 0. The zero-order chi connectivity index (χ0) is 9.19. The lowest BCUT2D eigenvalue weighted by Crippen LogP contribution is -2.38. The maximum Gasteiger partial charge on any atom is 0.276 e. The minimum absolute atomic E-state index is 0.138. The number of nitrogens with two attached hydrogens (primary N) is 1. The minimum atomic E-state index is -3.63. The van der Waals surface area contributed by atoms with Crippen LogP contribution in [0.2, 0.25) is 0 Å². The van der Waals surface area contributed by atoms with E-state index in [-0.39, 0.29) is 25.4 Å². The molecule has 0 atom stereocenters. The van der Waals surface area contributed by atoms with Gasteiger partial charge in [0.2, 0.25) is 5.91 Å². The van der Waals surface area contributed by atoms with Crippen LogP contribution >= 0.6 is 0 Å². The number of nitrogens with one attached hydrogen (secondary N) is 1. The van der Waals surface area contributed by atoms with Crippen LogP contribution in [-0.2, 0) is 15.0 Å². The highest BCUT2D eigenvalue weighted by atomic mass is 32.2. The molecule has 0 saturated carbocycles. The van der Waals surface area contributed by atoms with Crippen molar-refractivity contribution in [2.45, 2.75) is 6.42 Å². The third kappa shape index (κ3) is 2.43. The molecule has 1 heterocycles. The number of carbonyl (C=O) groups excluding carboxylic acids is 1. The largest absolute Gasteiger partial charge is 0.355 e. The summed E-state index contributed by atoms with van der Waals surface area (Å²) in [5.74, 6) is -0.138. The van der Waals surface area contributed by atoms with Gasteiger partial charge in [0, 0.05) is 26.1 Å². The minimum Gasteiger partial charge on any atom is -0.355 e. The van der Waals surface area contributed by atoms with Gasteiger partial charge in [0.1, 0.15) is 0 Å². The third-order valence-corrected chi connectivity index (χ3v) is 2.72. The molecule has 1 aliphatic heterocycles. The van der Waals surface area contributed by atoms with E-state index in [0.29, 0.717) is 6.54 Å². The van der Waals surface area contributed by atoms with Gasteiger partial charge in [-0.1, -0.05) is 0 Å². The Balaban J connectivity index is 2.64. The molecule has 0 aromatic rings. The molecule has 0 bridgehead atoms. The molecule has 0 aliphatic carbocycles. The van der Waals surface area contributed by atoms with Crippen LogP contribution in [0.5, 0.6) is 0 Å². The Hall–Kier alpha value is -0.660. The van der Waals surface area contributed by atoms with Gasteiger partial charge in [0.15, 0.2) is 0 Å². The Morgan fingerprint density at radius 3 is 2.67 bits per heavy atom. The highest BCUT2D eigenvalue weighted by Gasteiger charge is 2.20. The first-order valence-corrected chi connectivity index (χ1v) is 5.05. The zero-order valence-corrected chi connectivity index (χ0v) is 7.30. The van der Waals surface area contributed by atoms with Crippen LogP contribution in [0.15, 0.2) is 0 Å². The van der Waals surface area contributed by atoms with E-state index in [2.05, 4.69) is 5.32 Å². The summed E-state index contributed by atoms with van der Waals surface area (Å²) in [5.41, 5.74) is 0. The van der Waals surface area contributed by atoms with Gasteiger partial charge < -0.3 is 5.32 Å². The molecular weight excluding hydrogens is 182 g/mol. The number of amides is 1. The molecule has 1 aliphatic rings. The van der Waals surface area contributed by atoms with Crippen LogP contribution in [-0.4, -0.2) is 38.3 Å². The van der Waals surface area contributed by atoms with Crippen molar-refractivity contribution in [1.82, 2.24) is 9.62 Å². The summed E-state index contributed by atoms with van der Waals surface area (Å²) in [6, 6.07) is 0. The fourth-order valence-electron chi connectivity index (χ4n) is 1.00. The number of nitrogens with zero attached hydrogens (tertiary/aromatic N) is 1. The molecule has 0 aromatic carbocycles. The highest BCUT2D eigenvalue weighted by molar-refractivity contribution is 7.86. The molecule has 0 unspecified atom stereocenters. The Labute approximate surface area is 70.9 Å². The standard InChI is InChI=1S/C5H11N3O3S/c6-12(10,11)8-3-1-5(9)7-2-4-8/h1-4H2,(H,7,9)(H2,6,10,11). The van der Waals surface area contributed by atoms with E-state index in [1.807, 2.05) is 0 Å². The molecule has 6 nitrogen and oxygen atoms in total. The summed E-state index contributed by atoms with van der Waals surface area (Å²) in [7, 11) is -3.63. The second kappa shape index (κ2) is 3.38. The molecular formula is C5H11N3O3S. The number of carbonyl (C=O) groups is 1. The van der Waals surface area contributed by atoms with Crippen LogP contribution in [0, 0.1) is 0 Å². The van der Waals surface area contributed by atoms with Gasteiger partial charge >= 0.3 is 0 Å². The van der Waals surface area contributed by atoms with E-state index in [9.17, 15) is 13.2 Å². The maximum atomic E-state index is 10.8. The summed E-state index contributed by atoms with van der Waals surface area (Å²) in [5, 5.41) is 7.43. The number of hydrogen-bond acceptors (Lipinski definition) is 3. The van der Waals surface area contributed by atoms with Gasteiger partial charge in [0.25, 0.3) is 10.2 Å². The predicted molar refractivity (Wildman–Crippen MR) is 42.3 cm³/mol. The van der Waals surface area contributed by atoms with Crippen molar-refractivity contribution in [3.63, 3.8) is 0 Å². The molecule has 3 N–H and O–H groups in total. The Bertz CT molecular complexity index is 274. The predicted octanol–water partition coefficient (Wildman–Crippen LogP) is -1.99. The van der Waals surface area contributed by atoms with Crippen LogP contribution in [0.4, 0.5) is 0 Å². The van der Waals surface area contributed by atoms with Crippen LogP contribution in [0.25, 0.3) is 0 Å². The summed E-state index contributed by atoms with van der Waals surface area (Å²) in [6.45, 7) is 0.754. The Morgan fingerprint density at radius 2 is 2.08 bits per heavy atom. The second-order valence-corrected chi connectivity index (χ2v) is 4.09. The van der Waals surface area contributed by atoms with Crippen molar-refractivity contribution in [3.8, 4) is 0 Å². The van der Waals surface area contributed by atoms with Gasteiger partial charge in [-0.2, -0.15) is 12.7 Å². The van der Waals surface area contributed by atoms with Crippen molar-refractivity contribution >= 4 is 16.1 Å². The Morgan fingerprint density at radius 1 is 1.42 bits per heavy atom. The van der Waals surface area contributed by atoms with Crippen molar-refractivity contribution in [3.05, 3.63) is 0 Å². The molecule has 1 amide bonds. The summed E-state index contributed by atoms with van der Waals surface area (Å²) < 4.78 is 22.7. The molecule has 70 valence electrons. The van der Waals surface area contributed by atoms with Crippen molar-refractivity contribution in [1.29, 1.82) is 0 Å². The summed E-state index contributed by atoms with van der Waals surface area (Å²) in [6.07, 6.45) is 0.177. The molecule has 0 aromatic heterocycles.